The second-order valence-corrected chi connectivity index (χ2v) is 5.54. The third kappa shape index (κ3) is 4.78. The normalized spacial score (nSPS) is 14.1. The summed E-state index contributed by atoms with van der Waals surface area (Å²) in [6.07, 6.45) is 5.96. The van der Waals surface area contributed by atoms with E-state index in [0.717, 1.165) is 18.5 Å². The van der Waals surface area contributed by atoms with E-state index >= 15 is 0 Å². The fourth-order valence-corrected chi connectivity index (χ4v) is 2.33. The van der Waals surface area contributed by atoms with Crippen LogP contribution in [0.3, 0.4) is 0 Å². The number of unbranched alkanes of at least 4 members (excludes halogenated alkanes) is 4. The minimum atomic E-state index is -1.66. The molecule has 0 aliphatic carbocycles. The Morgan fingerprint density at radius 2 is 1.65 bits per heavy atom. The Morgan fingerprint density at radius 3 is 2.15 bits per heavy atom. The number of benzene rings is 1. The highest BCUT2D eigenvalue weighted by molar-refractivity contribution is 5.46. The van der Waals surface area contributed by atoms with E-state index in [1.807, 2.05) is 43.3 Å². The summed E-state index contributed by atoms with van der Waals surface area (Å²) in [6.45, 7) is 2.18. The van der Waals surface area contributed by atoms with Crippen LogP contribution in [-0.2, 0) is 10.6 Å². The maximum absolute atomic E-state index is 14.9. The van der Waals surface area contributed by atoms with Crippen LogP contribution in [0.2, 0.25) is 0 Å². The molecule has 0 heterocycles. The summed E-state index contributed by atoms with van der Waals surface area (Å²) in [4.78, 5) is 2.00. The Labute approximate surface area is 122 Å². The number of hydrogen-bond acceptors (Lipinski definition) is 2. The zero-order chi connectivity index (χ0) is 15.0. The standard InChI is InChI=1S/C17H28FNO/c1-5-6-7-8-9-14-17(18,20-4)15-10-12-16(13-11-15)19(2)3/h10-13H,5-9,14H2,1-4H3. The topological polar surface area (TPSA) is 12.5 Å². The van der Waals surface area contributed by atoms with Gasteiger partial charge in [-0.15, -0.1) is 0 Å². The maximum Gasteiger partial charge on any atom is 0.235 e. The van der Waals surface area contributed by atoms with Crippen molar-refractivity contribution < 1.29 is 9.13 Å². The second-order valence-electron chi connectivity index (χ2n) is 5.54. The molecule has 1 aromatic carbocycles. The van der Waals surface area contributed by atoms with E-state index in [4.69, 9.17) is 4.74 Å². The largest absolute Gasteiger partial charge is 0.378 e. The molecule has 1 aromatic rings. The molecule has 0 fully saturated rings. The van der Waals surface area contributed by atoms with Crippen LogP contribution >= 0.6 is 0 Å². The number of methoxy groups -OCH3 is 1. The summed E-state index contributed by atoms with van der Waals surface area (Å²) in [5.41, 5.74) is 1.68. The predicted octanol–water partition coefficient (Wildman–Crippen LogP) is 4.88. The molecule has 3 heteroatoms. The fourth-order valence-electron chi connectivity index (χ4n) is 2.33. The summed E-state index contributed by atoms with van der Waals surface area (Å²) < 4.78 is 20.0. The Kier molecular flexibility index (Phi) is 7.00. The number of alkyl halides is 1. The van der Waals surface area contributed by atoms with Gasteiger partial charge in [0, 0.05) is 38.9 Å². The van der Waals surface area contributed by atoms with Crippen molar-refractivity contribution in [2.45, 2.75) is 51.3 Å². The molecule has 0 spiro atoms. The summed E-state index contributed by atoms with van der Waals surface area (Å²) >= 11 is 0. The number of ether oxygens (including phenoxy) is 1. The Morgan fingerprint density at radius 1 is 1.05 bits per heavy atom. The van der Waals surface area contributed by atoms with Crippen LogP contribution in [0, 0.1) is 0 Å². The van der Waals surface area contributed by atoms with Gasteiger partial charge in [0.1, 0.15) is 0 Å². The highest BCUT2D eigenvalue weighted by Gasteiger charge is 2.30. The molecule has 0 saturated heterocycles. The first kappa shape index (κ1) is 17.0. The van der Waals surface area contributed by atoms with E-state index in [-0.39, 0.29) is 0 Å². The molecule has 20 heavy (non-hydrogen) atoms. The molecule has 0 aromatic heterocycles. The number of halogens is 1. The number of nitrogens with zero attached hydrogens (tertiary/aromatic N) is 1. The second kappa shape index (κ2) is 8.25. The van der Waals surface area contributed by atoms with Gasteiger partial charge in [0.15, 0.2) is 0 Å². The van der Waals surface area contributed by atoms with Gasteiger partial charge in [-0.1, -0.05) is 44.7 Å². The summed E-state index contributed by atoms with van der Waals surface area (Å²) in [7, 11) is 5.40. The van der Waals surface area contributed by atoms with Crippen molar-refractivity contribution in [1.82, 2.24) is 0 Å². The van der Waals surface area contributed by atoms with Gasteiger partial charge in [-0.3, -0.25) is 0 Å². The van der Waals surface area contributed by atoms with Gasteiger partial charge in [0.2, 0.25) is 5.85 Å². The third-order valence-corrected chi connectivity index (χ3v) is 3.74. The summed E-state index contributed by atoms with van der Waals surface area (Å²) in [6, 6.07) is 7.51. The minimum Gasteiger partial charge on any atom is -0.378 e. The van der Waals surface area contributed by atoms with E-state index in [1.165, 1.54) is 26.4 Å². The van der Waals surface area contributed by atoms with E-state index in [0.29, 0.717) is 12.0 Å². The molecule has 0 N–H and O–H groups in total. The molecule has 114 valence electrons. The van der Waals surface area contributed by atoms with E-state index < -0.39 is 5.85 Å². The quantitative estimate of drug-likeness (QED) is 0.598. The van der Waals surface area contributed by atoms with E-state index in [9.17, 15) is 4.39 Å². The van der Waals surface area contributed by atoms with Crippen LogP contribution in [-0.4, -0.2) is 21.2 Å². The zero-order valence-corrected chi connectivity index (χ0v) is 13.3. The van der Waals surface area contributed by atoms with Crippen molar-refractivity contribution in [3.63, 3.8) is 0 Å². The average molecular weight is 281 g/mol. The molecule has 1 unspecified atom stereocenters. The predicted molar refractivity (Wildman–Crippen MR) is 83.9 cm³/mol. The van der Waals surface area contributed by atoms with Gasteiger partial charge in [0.05, 0.1) is 0 Å². The molecule has 0 amide bonds. The van der Waals surface area contributed by atoms with Gasteiger partial charge >= 0.3 is 0 Å². The van der Waals surface area contributed by atoms with Crippen LogP contribution < -0.4 is 4.90 Å². The molecule has 0 aliphatic rings. The van der Waals surface area contributed by atoms with Crippen LogP contribution in [0.1, 0.15) is 51.0 Å². The number of anilines is 1. The molecule has 1 atom stereocenters. The molecule has 1 rings (SSSR count). The van der Waals surface area contributed by atoms with Crippen molar-refractivity contribution in [1.29, 1.82) is 0 Å². The van der Waals surface area contributed by atoms with Gasteiger partial charge < -0.3 is 9.64 Å². The lowest BCUT2D eigenvalue weighted by molar-refractivity contribution is -0.135. The first-order valence-electron chi connectivity index (χ1n) is 7.55. The summed E-state index contributed by atoms with van der Waals surface area (Å²) in [5.74, 6) is -1.66. The third-order valence-electron chi connectivity index (χ3n) is 3.74. The monoisotopic (exact) mass is 281 g/mol. The highest BCUT2D eigenvalue weighted by Crippen LogP contribution is 2.33. The Balaban J connectivity index is 2.62. The molecular formula is C17H28FNO. The molecular weight excluding hydrogens is 253 g/mol. The lowest BCUT2D eigenvalue weighted by Gasteiger charge is -2.25. The van der Waals surface area contributed by atoms with Crippen LogP contribution in [0.5, 0.6) is 0 Å². The van der Waals surface area contributed by atoms with Crippen molar-refractivity contribution in [2.24, 2.45) is 0 Å². The lowest BCUT2D eigenvalue weighted by atomic mass is 9.99. The van der Waals surface area contributed by atoms with Crippen molar-refractivity contribution >= 4 is 5.69 Å². The molecule has 0 aliphatic heterocycles. The van der Waals surface area contributed by atoms with Gasteiger partial charge in [-0.2, -0.15) is 0 Å². The average Bonchev–Trinajstić information content (AvgIpc) is 2.47. The molecule has 2 nitrogen and oxygen atoms in total. The van der Waals surface area contributed by atoms with Crippen LogP contribution in [0.15, 0.2) is 24.3 Å². The van der Waals surface area contributed by atoms with Crippen molar-refractivity contribution in [2.75, 3.05) is 26.1 Å². The van der Waals surface area contributed by atoms with Gasteiger partial charge in [-0.25, -0.2) is 4.39 Å². The fraction of sp³-hybridized carbons (Fsp3) is 0.647. The number of rotatable bonds is 9. The first-order valence-corrected chi connectivity index (χ1v) is 7.55. The molecule has 0 radical (unpaired) electrons. The van der Waals surface area contributed by atoms with Crippen molar-refractivity contribution in [3.05, 3.63) is 29.8 Å². The van der Waals surface area contributed by atoms with Crippen LogP contribution in [0.4, 0.5) is 10.1 Å². The molecule has 0 bridgehead atoms. The van der Waals surface area contributed by atoms with Crippen LogP contribution in [0.25, 0.3) is 0 Å². The van der Waals surface area contributed by atoms with E-state index in [1.54, 1.807) is 0 Å². The number of hydrogen-bond donors (Lipinski definition) is 0. The maximum atomic E-state index is 14.9. The minimum absolute atomic E-state index is 0.425. The van der Waals surface area contributed by atoms with Crippen molar-refractivity contribution in [3.8, 4) is 0 Å². The smallest absolute Gasteiger partial charge is 0.235 e. The lowest BCUT2D eigenvalue weighted by Crippen LogP contribution is -2.22. The summed E-state index contributed by atoms with van der Waals surface area (Å²) in [5, 5.41) is 0. The zero-order valence-electron chi connectivity index (χ0n) is 13.3. The van der Waals surface area contributed by atoms with Gasteiger partial charge in [0.25, 0.3) is 0 Å². The Bertz CT molecular complexity index is 377. The SMILES string of the molecule is CCCCCCCC(F)(OC)c1ccc(N(C)C)cc1. The molecule has 0 saturated carbocycles. The first-order chi connectivity index (χ1) is 9.53. The van der Waals surface area contributed by atoms with E-state index in [2.05, 4.69) is 6.92 Å². The van der Waals surface area contributed by atoms with Gasteiger partial charge in [-0.05, 0) is 18.6 Å². The Hall–Kier alpha value is -1.09. The highest BCUT2D eigenvalue weighted by atomic mass is 19.2.